The first kappa shape index (κ1) is 23.1. The second-order valence-electron chi connectivity index (χ2n) is 8.88. The van der Waals surface area contributed by atoms with Gasteiger partial charge in [0, 0.05) is 50.4 Å². The SMILES string of the molecule is Nc1cc(-c2ccc(Oc3ccccc3)cc2)nn1[C@@H]1CCN(C(=O)/C=C/CN2CCOCC2)C1. The van der Waals surface area contributed by atoms with E-state index in [0.717, 1.165) is 62.0 Å². The van der Waals surface area contributed by atoms with E-state index in [4.69, 9.17) is 20.3 Å². The topological polar surface area (TPSA) is 85.8 Å². The largest absolute Gasteiger partial charge is 0.457 e. The number of aromatic nitrogens is 2. The summed E-state index contributed by atoms with van der Waals surface area (Å²) >= 11 is 0. The first-order valence-electron chi connectivity index (χ1n) is 12.1. The molecule has 0 radical (unpaired) electrons. The Kier molecular flexibility index (Phi) is 7.11. The molecule has 2 aliphatic rings. The number of ether oxygens (including phenoxy) is 2. The molecule has 1 aromatic heterocycles. The van der Waals surface area contributed by atoms with Crippen LogP contribution in [0, 0.1) is 0 Å². The van der Waals surface area contributed by atoms with Crippen LogP contribution in [0.4, 0.5) is 5.82 Å². The Bertz CT molecular complexity index is 1150. The van der Waals surface area contributed by atoms with Crippen LogP contribution < -0.4 is 10.5 Å². The standard InChI is InChI=1S/C27H31N5O3/c28-26-19-25(21-8-10-24(11-9-21)35-23-5-2-1-3-6-23)29-32(26)22-12-14-31(20-22)27(33)7-4-13-30-15-17-34-18-16-30/h1-11,19,22H,12-18,20,28H2/b7-4+/t22-/m1/s1. The van der Waals surface area contributed by atoms with Crippen LogP contribution in [0.2, 0.25) is 0 Å². The van der Waals surface area contributed by atoms with Gasteiger partial charge in [0.2, 0.25) is 5.91 Å². The lowest BCUT2D eigenvalue weighted by atomic mass is 10.1. The van der Waals surface area contributed by atoms with Crippen LogP contribution in [0.25, 0.3) is 11.3 Å². The maximum atomic E-state index is 12.7. The zero-order valence-corrected chi connectivity index (χ0v) is 19.8. The van der Waals surface area contributed by atoms with E-state index in [-0.39, 0.29) is 11.9 Å². The molecule has 182 valence electrons. The number of nitrogens with two attached hydrogens (primary N) is 1. The number of rotatable bonds is 7. The minimum Gasteiger partial charge on any atom is -0.457 e. The normalized spacial score (nSPS) is 18.9. The van der Waals surface area contributed by atoms with Crippen LogP contribution in [0.15, 0.2) is 72.8 Å². The van der Waals surface area contributed by atoms with Gasteiger partial charge in [-0.05, 0) is 42.8 Å². The fraction of sp³-hybridized carbons (Fsp3) is 0.333. The lowest BCUT2D eigenvalue weighted by Crippen LogP contribution is -2.36. The van der Waals surface area contributed by atoms with Crippen molar-refractivity contribution in [3.05, 3.63) is 72.8 Å². The third-order valence-corrected chi connectivity index (χ3v) is 6.44. The monoisotopic (exact) mass is 473 g/mol. The van der Waals surface area contributed by atoms with Crippen molar-refractivity contribution in [1.82, 2.24) is 19.6 Å². The molecule has 35 heavy (non-hydrogen) atoms. The molecule has 0 aliphatic carbocycles. The molecule has 2 aliphatic heterocycles. The quantitative estimate of drug-likeness (QED) is 0.528. The van der Waals surface area contributed by atoms with Crippen molar-refractivity contribution in [3.8, 4) is 22.8 Å². The van der Waals surface area contributed by atoms with E-state index in [9.17, 15) is 4.79 Å². The summed E-state index contributed by atoms with van der Waals surface area (Å²) in [5.74, 6) is 2.21. The summed E-state index contributed by atoms with van der Waals surface area (Å²) in [6.45, 7) is 5.42. The summed E-state index contributed by atoms with van der Waals surface area (Å²) < 4.78 is 13.1. The average molecular weight is 474 g/mol. The Hall–Kier alpha value is -3.62. The molecule has 2 fully saturated rings. The van der Waals surface area contributed by atoms with E-state index in [1.807, 2.05) is 76.3 Å². The molecule has 0 unspecified atom stereocenters. The molecule has 8 heteroatoms. The van der Waals surface area contributed by atoms with Gasteiger partial charge in [-0.1, -0.05) is 24.3 Å². The van der Waals surface area contributed by atoms with Crippen molar-refractivity contribution in [2.45, 2.75) is 12.5 Å². The Morgan fingerprint density at radius 1 is 1.06 bits per heavy atom. The lowest BCUT2D eigenvalue weighted by Gasteiger charge is -2.25. The number of nitrogen functional groups attached to an aromatic ring is 1. The van der Waals surface area contributed by atoms with Crippen molar-refractivity contribution in [3.63, 3.8) is 0 Å². The molecule has 2 N–H and O–H groups in total. The zero-order valence-electron chi connectivity index (χ0n) is 19.8. The Morgan fingerprint density at radius 3 is 2.57 bits per heavy atom. The maximum absolute atomic E-state index is 12.7. The van der Waals surface area contributed by atoms with Crippen LogP contribution in [0.5, 0.6) is 11.5 Å². The number of carbonyl (C=O) groups excluding carboxylic acids is 1. The van der Waals surface area contributed by atoms with Crippen molar-refractivity contribution >= 4 is 11.7 Å². The van der Waals surface area contributed by atoms with Gasteiger partial charge >= 0.3 is 0 Å². The minimum absolute atomic E-state index is 0.0423. The van der Waals surface area contributed by atoms with Crippen LogP contribution in [-0.4, -0.2) is 71.4 Å². The second-order valence-corrected chi connectivity index (χ2v) is 8.88. The number of benzene rings is 2. The van der Waals surface area contributed by atoms with Gasteiger partial charge in [-0.25, -0.2) is 4.68 Å². The van der Waals surface area contributed by atoms with E-state index in [0.29, 0.717) is 18.9 Å². The molecule has 3 heterocycles. The second kappa shape index (κ2) is 10.8. The van der Waals surface area contributed by atoms with Gasteiger partial charge in [-0.2, -0.15) is 5.10 Å². The number of para-hydroxylation sites is 1. The fourth-order valence-corrected chi connectivity index (χ4v) is 4.49. The smallest absolute Gasteiger partial charge is 0.246 e. The predicted octanol–water partition coefficient (Wildman–Crippen LogP) is 3.59. The number of likely N-dealkylation sites (tertiary alicyclic amines) is 1. The zero-order chi connectivity index (χ0) is 24.0. The summed E-state index contributed by atoms with van der Waals surface area (Å²) in [5.41, 5.74) is 8.09. The van der Waals surface area contributed by atoms with E-state index in [1.165, 1.54) is 0 Å². The van der Waals surface area contributed by atoms with Crippen molar-refractivity contribution < 1.29 is 14.3 Å². The van der Waals surface area contributed by atoms with E-state index >= 15 is 0 Å². The Labute approximate surface area is 205 Å². The third kappa shape index (κ3) is 5.72. The molecule has 0 saturated carbocycles. The van der Waals surface area contributed by atoms with Gasteiger partial charge in [0.1, 0.15) is 17.3 Å². The van der Waals surface area contributed by atoms with E-state index < -0.39 is 0 Å². The molecule has 1 atom stereocenters. The number of hydrogen-bond acceptors (Lipinski definition) is 6. The number of nitrogens with zero attached hydrogens (tertiary/aromatic N) is 4. The van der Waals surface area contributed by atoms with Crippen molar-refractivity contribution in [2.75, 3.05) is 51.7 Å². The van der Waals surface area contributed by atoms with Crippen LogP contribution in [0.1, 0.15) is 12.5 Å². The summed E-state index contributed by atoms with van der Waals surface area (Å²) in [4.78, 5) is 16.8. The highest BCUT2D eigenvalue weighted by molar-refractivity contribution is 5.87. The average Bonchev–Trinajstić information content (AvgIpc) is 3.53. The highest BCUT2D eigenvalue weighted by atomic mass is 16.5. The molecule has 2 saturated heterocycles. The first-order chi connectivity index (χ1) is 17.2. The number of amides is 1. The molecule has 3 aromatic rings. The fourth-order valence-electron chi connectivity index (χ4n) is 4.49. The molecular weight excluding hydrogens is 442 g/mol. The van der Waals surface area contributed by atoms with Gasteiger partial charge in [0.05, 0.1) is 24.9 Å². The number of carbonyl (C=O) groups is 1. The highest BCUT2D eigenvalue weighted by Gasteiger charge is 2.28. The summed E-state index contributed by atoms with van der Waals surface area (Å²) in [5, 5.41) is 4.77. The van der Waals surface area contributed by atoms with E-state index in [2.05, 4.69) is 4.90 Å². The number of hydrogen-bond donors (Lipinski definition) is 1. The van der Waals surface area contributed by atoms with Gasteiger partial charge in [-0.15, -0.1) is 0 Å². The van der Waals surface area contributed by atoms with Gasteiger partial charge in [0.15, 0.2) is 0 Å². The molecular formula is C27H31N5O3. The van der Waals surface area contributed by atoms with Crippen molar-refractivity contribution in [1.29, 1.82) is 0 Å². The summed E-state index contributed by atoms with van der Waals surface area (Å²) in [6, 6.07) is 19.5. The van der Waals surface area contributed by atoms with Crippen LogP contribution >= 0.6 is 0 Å². The Balaban J connectivity index is 1.18. The molecule has 0 bridgehead atoms. The lowest BCUT2D eigenvalue weighted by molar-refractivity contribution is -0.125. The van der Waals surface area contributed by atoms with Crippen molar-refractivity contribution in [2.24, 2.45) is 0 Å². The molecule has 8 nitrogen and oxygen atoms in total. The predicted molar refractivity (Wildman–Crippen MR) is 135 cm³/mol. The summed E-state index contributed by atoms with van der Waals surface area (Å²) in [6.07, 6.45) is 4.47. The highest BCUT2D eigenvalue weighted by Crippen LogP contribution is 2.29. The molecule has 0 spiro atoms. The minimum atomic E-state index is 0.0423. The van der Waals surface area contributed by atoms with Crippen LogP contribution in [-0.2, 0) is 9.53 Å². The maximum Gasteiger partial charge on any atom is 0.246 e. The first-order valence-corrected chi connectivity index (χ1v) is 12.1. The molecule has 5 rings (SSSR count). The van der Waals surface area contributed by atoms with Gasteiger partial charge < -0.3 is 20.1 Å². The number of anilines is 1. The van der Waals surface area contributed by atoms with Gasteiger partial charge in [-0.3, -0.25) is 9.69 Å². The van der Waals surface area contributed by atoms with Crippen LogP contribution in [0.3, 0.4) is 0 Å². The molecule has 1 amide bonds. The third-order valence-electron chi connectivity index (χ3n) is 6.44. The molecule has 2 aromatic carbocycles. The number of morpholine rings is 1. The Morgan fingerprint density at radius 2 is 1.80 bits per heavy atom. The van der Waals surface area contributed by atoms with E-state index in [1.54, 1.807) is 6.08 Å². The summed E-state index contributed by atoms with van der Waals surface area (Å²) in [7, 11) is 0. The van der Waals surface area contributed by atoms with Gasteiger partial charge in [0.25, 0.3) is 0 Å².